The molecule has 0 spiro atoms. The Bertz CT molecular complexity index is 1580. The van der Waals surface area contributed by atoms with Gasteiger partial charge in [-0.25, -0.2) is 17.6 Å². The van der Waals surface area contributed by atoms with Crippen molar-refractivity contribution in [1.82, 2.24) is 19.0 Å². The van der Waals surface area contributed by atoms with Crippen LogP contribution in [0, 0.1) is 5.82 Å². The first-order valence-electron chi connectivity index (χ1n) is 13.3. The second-order valence-corrected chi connectivity index (χ2v) is 11.9. The SMILES string of the molecule is CCOC(=O)n1nc(NC(=O)c2ccc(N3CCN(C)CC3)cc2N)c2c1CCN(S(=O)(=O)c1cccc(F)c1)C2. The second kappa shape index (κ2) is 11.5. The molecule has 1 amide bonds. The maximum absolute atomic E-state index is 13.8. The van der Waals surface area contributed by atoms with Crippen LogP contribution in [0.2, 0.25) is 0 Å². The third-order valence-electron chi connectivity index (χ3n) is 7.28. The summed E-state index contributed by atoms with van der Waals surface area (Å²) in [5.41, 5.74) is 8.43. The predicted octanol–water partition coefficient (Wildman–Crippen LogP) is 2.36. The van der Waals surface area contributed by atoms with Crippen LogP contribution in [-0.2, 0) is 27.7 Å². The van der Waals surface area contributed by atoms with Crippen LogP contribution in [0.15, 0.2) is 47.4 Å². The Hall–Kier alpha value is -4.01. The number of likely N-dealkylation sites (N-methyl/N-ethyl adjacent to an activating group) is 1. The van der Waals surface area contributed by atoms with E-state index in [1.165, 1.54) is 12.1 Å². The molecule has 3 N–H and O–H groups in total. The fraction of sp³-hybridized carbons (Fsp3) is 0.370. The van der Waals surface area contributed by atoms with Crippen molar-refractivity contribution in [3.8, 4) is 0 Å². The number of aromatic nitrogens is 2. The van der Waals surface area contributed by atoms with Gasteiger partial charge < -0.3 is 25.6 Å². The van der Waals surface area contributed by atoms with Crippen molar-refractivity contribution in [2.24, 2.45) is 0 Å². The quantitative estimate of drug-likeness (QED) is 0.417. The molecule has 1 saturated heterocycles. The number of halogens is 1. The molecule has 3 heterocycles. The summed E-state index contributed by atoms with van der Waals surface area (Å²) < 4.78 is 47.7. The average Bonchev–Trinajstić information content (AvgIpc) is 3.31. The molecule has 0 radical (unpaired) electrons. The molecule has 218 valence electrons. The highest BCUT2D eigenvalue weighted by Gasteiger charge is 2.35. The van der Waals surface area contributed by atoms with Gasteiger partial charge in [0.1, 0.15) is 5.82 Å². The summed E-state index contributed by atoms with van der Waals surface area (Å²) in [6.45, 7) is 5.10. The van der Waals surface area contributed by atoms with E-state index in [-0.39, 0.29) is 48.1 Å². The Morgan fingerprint density at radius 2 is 1.85 bits per heavy atom. The Balaban J connectivity index is 1.43. The van der Waals surface area contributed by atoms with Gasteiger partial charge in [-0.2, -0.15) is 8.99 Å². The van der Waals surface area contributed by atoms with Crippen LogP contribution < -0.4 is 16.0 Å². The van der Waals surface area contributed by atoms with Gasteiger partial charge in [-0.3, -0.25) is 4.79 Å². The summed E-state index contributed by atoms with van der Waals surface area (Å²) in [5, 5.41) is 6.99. The number of carbonyl (C=O) groups excluding carboxylic acids is 2. The van der Waals surface area contributed by atoms with E-state index in [1.807, 2.05) is 6.07 Å². The van der Waals surface area contributed by atoms with Crippen molar-refractivity contribution in [3.05, 3.63) is 65.1 Å². The molecule has 2 aromatic carbocycles. The molecular weight excluding hydrogens is 553 g/mol. The number of hydrogen-bond acceptors (Lipinski definition) is 9. The molecule has 1 aromatic heterocycles. The van der Waals surface area contributed by atoms with Crippen molar-refractivity contribution >= 4 is 39.2 Å². The maximum atomic E-state index is 13.8. The third kappa shape index (κ3) is 5.76. The van der Waals surface area contributed by atoms with Crippen LogP contribution in [0.4, 0.5) is 26.4 Å². The summed E-state index contributed by atoms with van der Waals surface area (Å²) in [5.74, 6) is -1.23. The molecule has 2 aliphatic rings. The second-order valence-electron chi connectivity index (χ2n) is 9.95. The van der Waals surface area contributed by atoms with Gasteiger partial charge in [0.05, 0.1) is 22.8 Å². The van der Waals surface area contributed by atoms with Gasteiger partial charge in [0.2, 0.25) is 10.0 Å². The lowest BCUT2D eigenvalue weighted by molar-refractivity contribution is 0.102. The van der Waals surface area contributed by atoms with Crippen LogP contribution >= 0.6 is 0 Å². The van der Waals surface area contributed by atoms with E-state index >= 15 is 0 Å². The van der Waals surface area contributed by atoms with Crippen molar-refractivity contribution in [3.63, 3.8) is 0 Å². The van der Waals surface area contributed by atoms with Gasteiger partial charge in [-0.1, -0.05) is 6.07 Å². The molecule has 0 aliphatic carbocycles. The van der Waals surface area contributed by atoms with Crippen molar-refractivity contribution in [1.29, 1.82) is 0 Å². The van der Waals surface area contributed by atoms with Crippen LogP contribution in [0.5, 0.6) is 0 Å². The smallest absolute Gasteiger partial charge is 0.434 e. The van der Waals surface area contributed by atoms with Crippen LogP contribution in [0.25, 0.3) is 0 Å². The Kier molecular flexibility index (Phi) is 7.98. The number of amides is 1. The summed E-state index contributed by atoms with van der Waals surface area (Å²) >= 11 is 0. The number of anilines is 3. The number of piperazine rings is 1. The molecular formula is C27H32FN7O5S. The number of nitrogens with one attached hydrogen (secondary N) is 1. The van der Waals surface area contributed by atoms with Gasteiger partial charge in [-0.15, -0.1) is 5.10 Å². The first-order chi connectivity index (χ1) is 19.6. The van der Waals surface area contributed by atoms with E-state index in [0.29, 0.717) is 11.3 Å². The highest BCUT2D eigenvalue weighted by Crippen LogP contribution is 2.31. The van der Waals surface area contributed by atoms with Crippen LogP contribution in [0.1, 0.15) is 28.5 Å². The molecule has 0 saturated carbocycles. The van der Waals surface area contributed by atoms with Crippen LogP contribution in [-0.4, -0.2) is 85.8 Å². The molecule has 1 fully saturated rings. The zero-order chi connectivity index (χ0) is 29.3. The monoisotopic (exact) mass is 585 g/mol. The van der Waals surface area contributed by atoms with E-state index in [4.69, 9.17) is 10.5 Å². The standard InChI is InChI=1S/C27H32FN7O5S/c1-3-40-27(37)35-24-9-10-34(41(38,39)20-6-4-5-18(28)15-20)17-22(24)25(31-35)30-26(36)21-8-7-19(16-23(21)29)33-13-11-32(2)12-14-33/h4-8,15-16H,3,9-14,17,29H2,1-2H3,(H,30,31,36). The highest BCUT2D eigenvalue weighted by molar-refractivity contribution is 7.89. The number of rotatable bonds is 6. The molecule has 3 aromatic rings. The van der Waals surface area contributed by atoms with Crippen molar-refractivity contribution in [2.75, 3.05) is 62.3 Å². The molecule has 2 aliphatic heterocycles. The summed E-state index contributed by atoms with van der Waals surface area (Å²) in [4.78, 5) is 30.2. The molecule has 14 heteroatoms. The van der Waals surface area contributed by atoms with Gasteiger partial charge in [0.25, 0.3) is 5.91 Å². The third-order valence-corrected chi connectivity index (χ3v) is 9.12. The van der Waals surface area contributed by atoms with Gasteiger partial charge in [-0.05, 0) is 50.4 Å². The predicted molar refractivity (Wildman–Crippen MR) is 151 cm³/mol. The number of benzene rings is 2. The Morgan fingerprint density at radius 3 is 2.54 bits per heavy atom. The number of sulfonamides is 1. The number of fused-ring (bicyclic) bond motifs is 1. The minimum Gasteiger partial charge on any atom is -0.448 e. The Morgan fingerprint density at radius 1 is 1.10 bits per heavy atom. The molecule has 41 heavy (non-hydrogen) atoms. The van der Waals surface area contributed by atoms with Gasteiger partial charge >= 0.3 is 6.09 Å². The van der Waals surface area contributed by atoms with E-state index < -0.39 is 27.8 Å². The minimum atomic E-state index is -4.07. The molecule has 5 rings (SSSR count). The zero-order valence-electron chi connectivity index (χ0n) is 22.8. The number of ether oxygens (including phenoxy) is 1. The number of carbonyl (C=O) groups is 2. The number of nitrogen functional groups attached to an aromatic ring is 1. The lowest BCUT2D eigenvalue weighted by Crippen LogP contribution is -2.44. The van der Waals surface area contributed by atoms with Gasteiger partial charge in [0, 0.05) is 62.6 Å². The lowest BCUT2D eigenvalue weighted by Gasteiger charge is -2.34. The van der Waals surface area contributed by atoms with E-state index in [9.17, 15) is 22.4 Å². The maximum Gasteiger partial charge on any atom is 0.434 e. The first kappa shape index (κ1) is 28.5. The average molecular weight is 586 g/mol. The van der Waals surface area contributed by atoms with E-state index in [0.717, 1.165) is 53.0 Å². The lowest BCUT2D eigenvalue weighted by atomic mass is 10.1. The number of nitrogens with zero attached hydrogens (tertiary/aromatic N) is 5. The largest absolute Gasteiger partial charge is 0.448 e. The van der Waals surface area contributed by atoms with E-state index in [1.54, 1.807) is 19.1 Å². The van der Waals surface area contributed by atoms with Crippen LogP contribution in [0.3, 0.4) is 0 Å². The van der Waals surface area contributed by atoms with Crippen molar-refractivity contribution < 1.29 is 27.1 Å². The molecule has 0 atom stereocenters. The van der Waals surface area contributed by atoms with Gasteiger partial charge in [0.15, 0.2) is 5.82 Å². The number of hydrogen-bond donors (Lipinski definition) is 2. The molecule has 0 unspecified atom stereocenters. The molecule has 12 nitrogen and oxygen atoms in total. The minimum absolute atomic E-state index is 0.0136. The van der Waals surface area contributed by atoms with E-state index in [2.05, 4.69) is 27.3 Å². The first-order valence-corrected chi connectivity index (χ1v) is 14.7. The normalized spacial score (nSPS) is 16.3. The topological polar surface area (TPSA) is 143 Å². The summed E-state index contributed by atoms with van der Waals surface area (Å²) in [6.07, 6.45) is -0.630. The summed E-state index contributed by atoms with van der Waals surface area (Å²) in [6, 6.07) is 9.96. The highest BCUT2D eigenvalue weighted by atomic mass is 32.2. The fourth-order valence-electron chi connectivity index (χ4n) is 5.01. The molecule has 0 bridgehead atoms. The number of nitrogens with two attached hydrogens (primary N) is 1. The fourth-order valence-corrected chi connectivity index (χ4v) is 6.45. The Labute approximate surface area is 237 Å². The zero-order valence-corrected chi connectivity index (χ0v) is 23.7. The van der Waals surface area contributed by atoms with Crippen molar-refractivity contribution in [2.45, 2.75) is 24.8 Å². The summed E-state index contributed by atoms with van der Waals surface area (Å²) in [7, 11) is -2.01.